The first-order chi connectivity index (χ1) is 17.9. The first kappa shape index (κ1) is 27.0. The lowest BCUT2D eigenvalue weighted by molar-refractivity contribution is -0.140. The zero-order chi connectivity index (χ0) is 27.8. The molecule has 0 unspecified atom stereocenters. The second-order valence-electron chi connectivity index (χ2n) is 10.3. The molecule has 0 aliphatic carbocycles. The van der Waals surface area contributed by atoms with Gasteiger partial charge in [-0.2, -0.15) is 5.10 Å². The van der Waals surface area contributed by atoms with Crippen molar-refractivity contribution in [1.29, 1.82) is 0 Å². The first-order valence-electron chi connectivity index (χ1n) is 12.3. The number of rotatable bonds is 6. The molecule has 0 saturated carbocycles. The lowest BCUT2D eigenvalue weighted by Crippen LogP contribution is -2.37. The highest BCUT2D eigenvalue weighted by molar-refractivity contribution is 6.17. The fourth-order valence-electron chi connectivity index (χ4n) is 4.72. The van der Waals surface area contributed by atoms with Gasteiger partial charge in [0, 0.05) is 35.0 Å². The Morgan fingerprint density at radius 1 is 1.08 bits per heavy atom. The third-order valence-corrected chi connectivity index (χ3v) is 6.47. The van der Waals surface area contributed by atoms with E-state index in [0.717, 1.165) is 34.7 Å². The fourth-order valence-corrected chi connectivity index (χ4v) is 4.72. The number of halogens is 2. The van der Waals surface area contributed by atoms with Crippen molar-refractivity contribution in [2.24, 2.45) is 0 Å². The molecule has 1 aromatic heterocycles. The van der Waals surface area contributed by atoms with Crippen molar-refractivity contribution >= 4 is 17.4 Å². The monoisotopic (exact) mass is 523 g/mol. The first-order valence-corrected chi connectivity index (χ1v) is 12.3. The predicted molar refractivity (Wildman–Crippen MR) is 139 cm³/mol. The van der Waals surface area contributed by atoms with E-state index in [4.69, 9.17) is 14.6 Å². The van der Waals surface area contributed by atoms with Crippen LogP contribution >= 0.6 is 0 Å². The zero-order valence-electron chi connectivity index (χ0n) is 22.3. The van der Waals surface area contributed by atoms with E-state index >= 15 is 0 Å². The Hall–Kier alpha value is -4.01. The molecule has 0 saturated heterocycles. The summed E-state index contributed by atoms with van der Waals surface area (Å²) in [4.78, 5) is 28.0. The number of hydrogen-bond donors (Lipinski definition) is 0. The normalized spacial score (nSPS) is 14.6. The predicted octanol–water partition coefficient (Wildman–Crippen LogP) is 5.25. The standard InChI is InChI=1S/C29H31F2N3O4/c1-17(2)38-28(36)22-15-33(27(35)20-9-12-23(30)24(31)13-20)16-29(4,5)25-18(3)34(32-26(22)25)14-19-7-10-21(37-6)11-8-19/h7-13,15,17H,14,16H2,1-6H3. The molecule has 4 rings (SSSR count). The van der Waals surface area contributed by atoms with Crippen molar-refractivity contribution in [1.82, 2.24) is 14.7 Å². The molecule has 1 aliphatic heterocycles. The molecule has 38 heavy (non-hydrogen) atoms. The highest BCUT2D eigenvalue weighted by Gasteiger charge is 2.39. The van der Waals surface area contributed by atoms with Gasteiger partial charge in [0.05, 0.1) is 19.8 Å². The number of methoxy groups -OCH3 is 1. The van der Waals surface area contributed by atoms with Crippen molar-refractivity contribution in [3.8, 4) is 5.75 Å². The Morgan fingerprint density at radius 2 is 1.76 bits per heavy atom. The molecule has 0 radical (unpaired) electrons. The van der Waals surface area contributed by atoms with Crippen LogP contribution in [0.5, 0.6) is 5.75 Å². The summed E-state index contributed by atoms with van der Waals surface area (Å²) in [5.74, 6) is -2.62. The molecule has 0 fully saturated rings. The maximum atomic E-state index is 13.9. The van der Waals surface area contributed by atoms with Gasteiger partial charge in [-0.25, -0.2) is 13.6 Å². The minimum atomic E-state index is -1.12. The third-order valence-electron chi connectivity index (χ3n) is 6.47. The maximum absolute atomic E-state index is 13.9. The van der Waals surface area contributed by atoms with Crippen molar-refractivity contribution in [2.45, 2.75) is 52.7 Å². The Labute approximate surface area is 220 Å². The van der Waals surface area contributed by atoms with Crippen molar-refractivity contribution in [3.05, 3.63) is 88.4 Å². The Balaban J connectivity index is 1.81. The maximum Gasteiger partial charge on any atom is 0.342 e. The van der Waals surface area contributed by atoms with Gasteiger partial charge in [0.2, 0.25) is 0 Å². The molecule has 0 bridgehead atoms. The van der Waals surface area contributed by atoms with Crippen LogP contribution in [0, 0.1) is 18.6 Å². The van der Waals surface area contributed by atoms with Gasteiger partial charge >= 0.3 is 5.97 Å². The third kappa shape index (κ3) is 5.32. The summed E-state index contributed by atoms with van der Waals surface area (Å²) in [6.45, 7) is 9.93. The molecule has 2 aromatic carbocycles. The van der Waals surface area contributed by atoms with Crippen LogP contribution in [-0.4, -0.2) is 46.3 Å². The van der Waals surface area contributed by atoms with Gasteiger partial charge in [-0.3, -0.25) is 9.48 Å². The molecule has 9 heteroatoms. The summed E-state index contributed by atoms with van der Waals surface area (Å²) < 4.78 is 40.0. The van der Waals surface area contributed by atoms with Crippen LogP contribution < -0.4 is 4.74 Å². The van der Waals surface area contributed by atoms with E-state index in [2.05, 4.69) is 0 Å². The molecule has 2 heterocycles. The summed E-state index contributed by atoms with van der Waals surface area (Å²) in [5.41, 5.74) is 2.49. The molecule has 200 valence electrons. The highest BCUT2D eigenvalue weighted by atomic mass is 19.2. The number of nitrogens with zero attached hydrogens (tertiary/aromatic N) is 3. The Morgan fingerprint density at radius 3 is 2.37 bits per heavy atom. The van der Waals surface area contributed by atoms with Crippen LogP contribution in [0.2, 0.25) is 0 Å². The van der Waals surface area contributed by atoms with E-state index in [-0.39, 0.29) is 17.7 Å². The van der Waals surface area contributed by atoms with E-state index < -0.39 is 35.0 Å². The number of benzene rings is 2. The molecular formula is C29H31F2N3O4. The number of esters is 1. The number of amides is 1. The summed E-state index contributed by atoms with van der Waals surface area (Å²) in [5, 5.41) is 4.81. The van der Waals surface area contributed by atoms with Crippen LogP contribution in [0.25, 0.3) is 5.57 Å². The number of ether oxygens (including phenoxy) is 2. The lowest BCUT2D eigenvalue weighted by atomic mass is 9.82. The van der Waals surface area contributed by atoms with Gasteiger partial charge in [0.1, 0.15) is 17.0 Å². The minimum Gasteiger partial charge on any atom is -0.497 e. The molecule has 0 atom stereocenters. The smallest absolute Gasteiger partial charge is 0.342 e. The van der Waals surface area contributed by atoms with Crippen LogP contribution in [0.4, 0.5) is 8.78 Å². The van der Waals surface area contributed by atoms with E-state index in [0.29, 0.717) is 12.2 Å². The van der Waals surface area contributed by atoms with Crippen LogP contribution in [-0.2, 0) is 21.5 Å². The quantitative estimate of drug-likeness (QED) is 0.413. The molecule has 1 aliphatic rings. The zero-order valence-corrected chi connectivity index (χ0v) is 22.3. The number of fused-ring (bicyclic) bond motifs is 1. The summed E-state index contributed by atoms with van der Waals surface area (Å²) in [7, 11) is 1.61. The molecule has 1 amide bonds. The largest absolute Gasteiger partial charge is 0.497 e. The SMILES string of the molecule is COc1ccc(Cn2nc3c(c2C)C(C)(C)CN(C(=O)c2ccc(F)c(F)c2)C=C3C(=O)OC(C)C)cc1. The van der Waals surface area contributed by atoms with Gasteiger partial charge in [-0.1, -0.05) is 26.0 Å². The second kappa shape index (κ2) is 10.4. The fraction of sp³-hybridized carbons (Fsp3) is 0.345. The lowest BCUT2D eigenvalue weighted by Gasteiger charge is -2.30. The van der Waals surface area contributed by atoms with Crippen LogP contribution in [0.15, 0.2) is 48.7 Å². The number of carbonyl (C=O) groups is 2. The topological polar surface area (TPSA) is 73.7 Å². The minimum absolute atomic E-state index is 0.0339. The van der Waals surface area contributed by atoms with Crippen molar-refractivity contribution < 1.29 is 27.8 Å². The molecule has 0 spiro atoms. The highest BCUT2D eigenvalue weighted by Crippen LogP contribution is 2.38. The number of hydrogen-bond acceptors (Lipinski definition) is 5. The van der Waals surface area contributed by atoms with Crippen LogP contribution in [0.1, 0.15) is 60.6 Å². The molecule has 0 N–H and O–H groups in total. The van der Waals surface area contributed by atoms with Gasteiger partial charge in [-0.05, 0) is 56.7 Å². The summed E-state index contributed by atoms with van der Waals surface area (Å²) in [6.07, 6.45) is 1.01. The van der Waals surface area contributed by atoms with E-state index in [1.165, 1.54) is 17.2 Å². The summed E-state index contributed by atoms with van der Waals surface area (Å²) >= 11 is 0. The van der Waals surface area contributed by atoms with Gasteiger partial charge in [0.15, 0.2) is 11.6 Å². The van der Waals surface area contributed by atoms with E-state index in [1.807, 2.05) is 49.7 Å². The summed E-state index contributed by atoms with van der Waals surface area (Å²) in [6, 6.07) is 10.6. The van der Waals surface area contributed by atoms with E-state index in [9.17, 15) is 18.4 Å². The van der Waals surface area contributed by atoms with Crippen molar-refractivity contribution in [2.75, 3.05) is 13.7 Å². The van der Waals surface area contributed by atoms with E-state index in [1.54, 1.807) is 21.0 Å². The van der Waals surface area contributed by atoms with Gasteiger partial charge < -0.3 is 14.4 Å². The number of carbonyl (C=O) groups excluding carboxylic acids is 2. The van der Waals surface area contributed by atoms with Crippen LogP contribution in [0.3, 0.4) is 0 Å². The van der Waals surface area contributed by atoms with Crippen molar-refractivity contribution in [3.63, 3.8) is 0 Å². The molecule has 3 aromatic rings. The Bertz CT molecular complexity index is 1410. The average molecular weight is 524 g/mol. The Kier molecular flexibility index (Phi) is 7.40. The molecule has 7 nitrogen and oxygen atoms in total. The van der Waals surface area contributed by atoms with Gasteiger partial charge in [0.25, 0.3) is 5.91 Å². The van der Waals surface area contributed by atoms with Gasteiger partial charge in [-0.15, -0.1) is 0 Å². The average Bonchev–Trinajstić information content (AvgIpc) is 3.12. The number of aromatic nitrogens is 2. The molecular weight excluding hydrogens is 492 g/mol. The second-order valence-corrected chi connectivity index (χ2v) is 10.3.